The number of rotatable bonds is 3. The van der Waals surface area contributed by atoms with E-state index in [9.17, 15) is 4.79 Å². The Morgan fingerprint density at radius 1 is 1.17 bits per heavy atom. The molecule has 3 rings (SSSR count). The van der Waals surface area contributed by atoms with Gasteiger partial charge in [-0.05, 0) is 30.7 Å². The zero-order chi connectivity index (χ0) is 15.5. The van der Waals surface area contributed by atoms with Gasteiger partial charge in [-0.25, -0.2) is 0 Å². The summed E-state index contributed by atoms with van der Waals surface area (Å²) in [7, 11) is 0. The lowest BCUT2D eigenvalue weighted by molar-refractivity contribution is -0.151. The first-order valence-electron chi connectivity index (χ1n) is 8.24. The van der Waals surface area contributed by atoms with Crippen LogP contribution in [0.5, 0.6) is 0 Å². The summed E-state index contributed by atoms with van der Waals surface area (Å²) in [6.07, 6.45) is 3.57. The van der Waals surface area contributed by atoms with Crippen LogP contribution in [0.25, 0.3) is 0 Å². The second-order valence-corrected chi connectivity index (χ2v) is 6.66. The highest BCUT2D eigenvalue weighted by Gasteiger charge is 2.37. The molecule has 2 N–H and O–H groups in total. The van der Waals surface area contributed by atoms with E-state index in [0.717, 1.165) is 12.3 Å². The molecule has 0 bridgehead atoms. The number of esters is 1. The summed E-state index contributed by atoms with van der Waals surface area (Å²) in [5.41, 5.74) is 7.04. The molecule has 2 fully saturated rings. The van der Waals surface area contributed by atoms with Gasteiger partial charge in [-0.15, -0.1) is 12.4 Å². The molecule has 5 heteroatoms. The summed E-state index contributed by atoms with van der Waals surface area (Å²) >= 11 is 0. The summed E-state index contributed by atoms with van der Waals surface area (Å²) in [5.74, 6) is 0.969. The van der Waals surface area contributed by atoms with Crippen molar-refractivity contribution in [3.8, 4) is 0 Å². The predicted octanol–water partition coefficient (Wildman–Crippen LogP) is 2.90. The molecule has 0 amide bonds. The van der Waals surface area contributed by atoms with E-state index in [1.54, 1.807) is 0 Å². The number of carbonyl (C=O) groups excluding carboxylic acids is 1. The predicted molar refractivity (Wildman–Crippen MR) is 91.6 cm³/mol. The number of ether oxygens (including phenoxy) is 2. The lowest BCUT2D eigenvalue weighted by Crippen LogP contribution is -2.38. The Balaban J connectivity index is 0.00000192. The number of halogens is 1. The van der Waals surface area contributed by atoms with E-state index in [0.29, 0.717) is 12.5 Å². The smallest absolute Gasteiger partial charge is 0.325 e. The van der Waals surface area contributed by atoms with Crippen LogP contribution in [0.15, 0.2) is 30.3 Å². The van der Waals surface area contributed by atoms with Gasteiger partial charge in [-0.2, -0.15) is 0 Å². The molecular formula is C18H26ClNO3. The maximum atomic E-state index is 12.0. The Morgan fingerprint density at radius 3 is 2.52 bits per heavy atom. The van der Waals surface area contributed by atoms with Gasteiger partial charge < -0.3 is 15.2 Å². The van der Waals surface area contributed by atoms with Crippen molar-refractivity contribution in [3.63, 3.8) is 0 Å². The van der Waals surface area contributed by atoms with Crippen LogP contribution in [0.2, 0.25) is 0 Å². The first-order valence-corrected chi connectivity index (χ1v) is 8.24. The maximum absolute atomic E-state index is 12.0. The molecule has 1 aliphatic carbocycles. The van der Waals surface area contributed by atoms with Crippen molar-refractivity contribution in [2.24, 2.45) is 17.6 Å². The number of nitrogens with two attached hydrogens (primary N) is 1. The van der Waals surface area contributed by atoms with Crippen LogP contribution in [0, 0.1) is 11.8 Å². The number of cyclic esters (lactones) is 1. The third-order valence-electron chi connectivity index (χ3n) is 4.77. The van der Waals surface area contributed by atoms with Gasteiger partial charge in [0.15, 0.2) is 0 Å². The Labute approximate surface area is 144 Å². The first-order chi connectivity index (χ1) is 10.6. The minimum atomic E-state index is -0.682. The molecule has 1 saturated heterocycles. The molecule has 4 nitrogen and oxygen atoms in total. The van der Waals surface area contributed by atoms with Crippen molar-refractivity contribution in [1.29, 1.82) is 0 Å². The Kier molecular flexibility index (Phi) is 6.45. The Bertz CT molecular complexity index is 506. The topological polar surface area (TPSA) is 61.5 Å². The van der Waals surface area contributed by atoms with Crippen LogP contribution >= 0.6 is 12.4 Å². The van der Waals surface area contributed by atoms with Gasteiger partial charge in [0, 0.05) is 5.92 Å². The fourth-order valence-electron chi connectivity index (χ4n) is 3.46. The lowest BCUT2D eigenvalue weighted by atomic mass is 9.80. The summed E-state index contributed by atoms with van der Waals surface area (Å²) in [6.45, 7) is 2.87. The van der Waals surface area contributed by atoms with Crippen LogP contribution in [0.3, 0.4) is 0 Å². The Morgan fingerprint density at radius 2 is 1.87 bits per heavy atom. The molecule has 1 heterocycles. The molecule has 1 aromatic rings. The minimum Gasteiger partial charge on any atom is -0.461 e. The average molecular weight is 340 g/mol. The average Bonchev–Trinajstić information content (AvgIpc) is 3.31. The third kappa shape index (κ3) is 4.69. The normalized spacial score (nSPS) is 32.0. The molecular weight excluding hydrogens is 314 g/mol. The first kappa shape index (κ1) is 18.2. The summed E-state index contributed by atoms with van der Waals surface area (Å²) in [4.78, 5) is 12.0. The van der Waals surface area contributed by atoms with E-state index >= 15 is 0 Å². The van der Waals surface area contributed by atoms with Gasteiger partial charge in [-0.3, -0.25) is 4.79 Å². The van der Waals surface area contributed by atoms with E-state index in [1.807, 2.05) is 25.1 Å². The fourth-order valence-corrected chi connectivity index (χ4v) is 3.46. The number of benzene rings is 1. The lowest BCUT2D eigenvalue weighted by Gasteiger charge is -2.31. The molecule has 1 saturated carbocycles. The van der Waals surface area contributed by atoms with E-state index in [1.165, 1.54) is 18.4 Å². The Hall–Kier alpha value is -1.10. The highest BCUT2D eigenvalue weighted by molar-refractivity contribution is 5.85. The molecule has 23 heavy (non-hydrogen) atoms. The van der Waals surface area contributed by atoms with Gasteiger partial charge >= 0.3 is 5.97 Å². The summed E-state index contributed by atoms with van der Waals surface area (Å²) in [6, 6.07) is 9.64. The zero-order valence-electron chi connectivity index (χ0n) is 13.5. The molecule has 0 radical (unpaired) electrons. The summed E-state index contributed by atoms with van der Waals surface area (Å²) in [5, 5.41) is 0. The molecule has 0 spiro atoms. The van der Waals surface area contributed by atoms with Gasteiger partial charge in [-0.1, -0.05) is 43.2 Å². The summed E-state index contributed by atoms with van der Waals surface area (Å²) < 4.78 is 11.4. The van der Waals surface area contributed by atoms with Crippen LogP contribution in [0.1, 0.15) is 37.7 Å². The second kappa shape index (κ2) is 8.13. The van der Waals surface area contributed by atoms with E-state index in [-0.39, 0.29) is 37.0 Å². The molecule has 1 aromatic carbocycles. The second-order valence-electron chi connectivity index (χ2n) is 6.66. The number of carbonyl (C=O) groups is 1. The van der Waals surface area contributed by atoms with E-state index in [4.69, 9.17) is 15.2 Å². The highest BCUT2D eigenvalue weighted by Crippen LogP contribution is 2.42. The number of hydrogen-bond donors (Lipinski definition) is 1. The van der Waals surface area contributed by atoms with Gasteiger partial charge in [0.2, 0.25) is 0 Å². The standard InChI is InChI=1S/C18H25NO3.ClH/c1-12-17(14-5-3-2-4-6-14)15(9-13-7-8-13)10-21-11-16(19)18(20)22-12;/h2-6,12-13,15-17H,7-11,19H2,1H3;1H/t12-,15-,16-,17+;/m0./s1. The molecule has 1 aliphatic heterocycles. The molecule has 4 atom stereocenters. The van der Waals surface area contributed by atoms with Gasteiger partial charge in [0.05, 0.1) is 13.2 Å². The third-order valence-corrected chi connectivity index (χ3v) is 4.77. The van der Waals surface area contributed by atoms with Gasteiger partial charge in [0.25, 0.3) is 0 Å². The molecule has 128 valence electrons. The van der Waals surface area contributed by atoms with Gasteiger partial charge in [0.1, 0.15) is 12.1 Å². The maximum Gasteiger partial charge on any atom is 0.325 e. The van der Waals surface area contributed by atoms with Crippen LogP contribution < -0.4 is 5.73 Å². The molecule has 0 aromatic heterocycles. The molecule has 2 aliphatic rings. The van der Waals surface area contributed by atoms with E-state index in [2.05, 4.69) is 12.1 Å². The van der Waals surface area contributed by atoms with Crippen LogP contribution in [-0.4, -0.2) is 31.3 Å². The van der Waals surface area contributed by atoms with Crippen molar-refractivity contribution < 1.29 is 14.3 Å². The largest absolute Gasteiger partial charge is 0.461 e. The van der Waals surface area contributed by atoms with Crippen molar-refractivity contribution in [2.75, 3.05) is 13.2 Å². The van der Waals surface area contributed by atoms with Crippen molar-refractivity contribution in [3.05, 3.63) is 35.9 Å². The van der Waals surface area contributed by atoms with E-state index < -0.39 is 6.04 Å². The van der Waals surface area contributed by atoms with Crippen molar-refractivity contribution in [2.45, 2.75) is 44.2 Å². The quantitative estimate of drug-likeness (QED) is 0.860. The van der Waals surface area contributed by atoms with Crippen molar-refractivity contribution in [1.82, 2.24) is 0 Å². The van der Waals surface area contributed by atoms with Crippen molar-refractivity contribution >= 4 is 18.4 Å². The molecule has 0 unspecified atom stereocenters. The van der Waals surface area contributed by atoms with Crippen LogP contribution in [0.4, 0.5) is 0 Å². The monoisotopic (exact) mass is 339 g/mol. The fraction of sp³-hybridized carbons (Fsp3) is 0.611. The highest BCUT2D eigenvalue weighted by atomic mass is 35.5. The zero-order valence-corrected chi connectivity index (χ0v) is 14.3. The number of hydrogen-bond acceptors (Lipinski definition) is 4. The SMILES string of the molecule is C[C@@H]1OC(=O)[C@@H](N)COC[C@H](CC2CC2)[C@H]1c1ccccc1.Cl. The van der Waals surface area contributed by atoms with Crippen LogP contribution in [-0.2, 0) is 14.3 Å². The minimum absolute atomic E-state index is 0.